The number of benzene rings is 1. The summed E-state index contributed by atoms with van der Waals surface area (Å²) in [6.07, 6.45) is 2.61. The van der Waals surface area contributed by atoms with Crippen LogP contribution in [0, 0.1) is 5.92 Å². The molecular weight excluding hydrogens is 212 g/mol. The first-order valence-corrected chi connectivity index (χ1v) is 6.56. The second-order valence-electron chi connectivity index (χ2n) is 4.52. The van der Waals surface area contributed by atoms with Crippen LogP contribution in [0.2, 0.25) is 0 Å². The highest BCUT2D eigenvalue weighted by molar-refractivity contribution is 5.56. The van der Waals surface area contributed by atoms with Crippen molar-refractivity contribution in [2.75, 3.05) is 31.6 Å². The molecule has 1 unspecified atom stereocenters. The Morgan fingerprint density at radius 3 is 3.06 bits per heavy atom. The molecule has 0 aromatic heterocycles. The Labute approximate surface area is 104 Å². The number of hydrogen-bond donors (Lipinski definition) is 2. The van der Waals surface area contributed by atoms with E-state index in [2.05, 4.69) is 16.7 Å². The summed E-state index contributed by atoms with van der Waals surface area (Å²) < 4.78 is 5.60. The van der Waals surface area contributed by atoms with Crippen LogP contribution in [0.25, 0.3) is 0 Å². The Bertz CT molecular complexity index is 335. The van der Waals surface area contributed by atoms with Gasteiger partial charge in [-0.3, -0.25) is 0 Å². The Morgan fingerprint density at radius 1 is 1.41 bits per heavy atom. The molecule has 0 radical (unpaired) electrons. The summed E-state index contributed by atoms with van der Waals surface area (Å²) in [4.78, 5) is 0. The summed E-state index contributed by atoms with van der Waals surface area (Å²) >= 11 is 0. The van der Waals surface area contributed by atoms with Crippen LogP contribution < -0.4 is 15.4 Å². The van der Waals surface area contributed by atoms with Crippen molar-refractivity contribution in [3.63, 3.8) is 0 Å². The molecule has 1 aromatic rings. The van der Waals surface area contributed by atoms with Crippen molar-refractivity contribution in [3.05, 3.63) is 24.3 Å². The predicted molar refractivity (Wildman–Crippen MR) is 71.7 cm³/mol. The van der Waals surface area contributed by atoms with E-state index in [4.69, 9.17) is 4.74 Å². The van der Waals surface area contributed by atoms with E-state index in [0.717, 1.165) is 30.4 Å². The summed E-state index contributed by atoms with van der Waals surface area (Å²) in [6.45, 7) is 6.05. The molecular formula is C14H22N2O. The van der Waals surface area contributed by atoms with E-state index in [1.165, 1.54) is 19.4 Å². The smallest absolute Gasteiger partial charge is 0.142 e. The van der Waals surface area contributed by atoms with Crippen LogP contribution in [0.15, 0.2) is 24.3 Å². The van der Waals surface area contributed by atoms with E-state index in [0.29, 0.717) is 6.61 Å². The van der Waals surface area contributed by atoms with E-state index in [-0.39, 0.29) is 0 Å². The van der Waals surface area contributed by atoms with Gasteiger partial charge in [-0.15, -0.1) is 0 Å². The van der Waals surface area contributed by atoms with Gasteiger partial charge in [0, 0.05) is 6.54 Å². The minimum atomic E-state index is 0.712. The minimum absolute atomic E-state index is 0.712. The van der Waals surface area contributed by atoms with Crippen molar-refractivity contribution >= 4 is 5.69 Å². The average Bonchev–Trinajstić information content (AvgIpc) is 2.39. The lowest BCUT2D eigenvalue weighted by Crippen LogP contribution is -2.33. The molecule has 0 bridgehead atoms. The monoisotopic (exact) mass is 234 g/mol. The number of para-hydroxylation sites is 2. The zero-order valence-corrected chi connectivity index (χ0v) is 10.5. The lowest BCUT2D eigenvalue weighted by atomic mass is 10.00. The Hall–Kier alpha value is -1.22. The van der Waals surface area contributed by atoms with Crippen LogP contribution in [0.5, 0.6) is 5.75 Å². The van der Waals surface area contributed by atoms with Crippen LogP contribution in [-0.2, 0) is 0 Å². The standard InChI is InChI=1S/C14H22N2O/c1-2-17-14-8-4-3-7-13(14)16-11-12-6-5-9-15-10-12/h3-4,7-8,12,15-16H,2,5-6,9-11H2,1H3. The largest absolute Gasteiger partial charge is 0.492 e. The summed E-state index contributed by atoms with van der Waals surface area (Å²) in [5, 5.41) is 6.94. The molecule has 17 heavy (non-hydrogen) atoms. The van der Waals surface area contributed by atoms with Gasteiger partial charge in [-0.05, 0) is 50.9 Å². The number of anilines is 1. The van der Waals surface area contributed by atoms with Crippen molar-refractivity contribution in [2.45, 2.75) is 19.8 Å². The Balaban J connectivity index is 1.88. The molecule has 3 heteroatoms. The Morgan fingerprint density at radius 2 is 2.29 bits per heavy atom. The highest BCUT2D eigenvalue weighted by Crippen LogP contribution is 2.24. The summed E-state index contributed by atoms with van der Waals surface area (Å²) in [7, 11) is 0. The van der Waals surface area contributed by atoms with Crippen LogP contribution in [0.1, 0.15) is 19.8 Å². The molecule has 1 aliphatic heterocycles. The molecule has 1 atom stereocenters. The van der Waals surface area contributed by atoms with E-state index in [1.54, 1.807) is 0 Å². The molecule has 1 aliphatic rings. The highest BCUT2D eigenvalue weighted by atomic mass is 16.5. The van der Waals surface area contributed by atoms with Crippen molar-refractivity contribution in [3.8, 4) is 5.75 Å². The fourth-order valence-electron chi connectivity index (χ4n) is 2.25. The number of hydrogen-bond acceptors (Lipinski definition) is 3. The molecule has 94 valence electrons. The third kappa shape index (κ3) is 3.63. The number of nitrogens with one attached hydrogen (secondary N) is 2. The first-order chi connectivity index (χ1) is 8.40. The summed E-state index contributed by atoms with van der Waals surface area (Å²) in [5.74, 6) is 1.69. The molecule has 2 rings (SSSR count). The van der Waals surface area contributed by atoms with Crippen LogP contribution in [-0.4, -0.2) is 26.2 Å². The molecule has 2 N–H and O–H groups in total. The predicted octanol–water partition coefficient (Wildman–Crippen LogP) is 2.50. The maximum Gasteiger partial charge on any atom is 0.142 e. The van der Waals surface area contributed by atoms with E-state index < -0.39 is 0 Å². The number of ether oxygens (including phenoxy) is 1. The van der Waals surface area contributed by atoms with E-state index >= 15 is 0 Å². The van der Waals surface area contributed by atoms with Crippen LogP contribution in [0.3, 0.4) is 0 Å². The van der Waals surface area contributed by atoms with Gasteiger partial charge in [-0.1, -0.05) is 12.1 Å². The molecule has 0 saturated carbocycles. The van der Waals surface area contributed by atoms with Gasteiger partial charge in [0.05, 0.1) is 12.3 Å². The van der Waals surface area contributed by atoms with Crippen molar-refractivity contribution in [1.82, 2.24) is 5.32 Å². The molecule has 1 heterocycles. The van der Waals surface area contributed by atoms with Crippen molar-refractivity contribution < 1.29 is 4.74 Å². The van der Waals surface area contributed by atoms with Gasteiger partial charge >= 0.3 is 0 Å². The third-order valence-corrected chi connectivity index (χ3v) is 3.17. The van der Waals surface area contributed by atoms with Crippen molar-refractivity contribution in [1.29, 1.82) is 0 Å². The molecule has 0 spiro atoms. The van der Waals surface area contributed by atoms with Gasteiger partial charge in [-0.25, -0.2) is 0 Å². The molecule has 3 nitrogen and oxygen atoms in total. The van der Waals surface area contributed by atoms with Gasteiger partial charge in [0.2, 0.25) is 0 Å². The highest BCUT2D eigenvalue weighted by Gasteiger charge is 2.13. The van der Waals surface area contributed by atoms with Gasteiger partial charge in [-0.2, -0.15) is 0 Å². The Kier molecular flexibility index (Phi) is 4.68. The summed E-state index contributed by atoms with van der Waals surface area (Å²) in [6, 6.07) is 8.16. The van der Waals surface area contributed by atoms with Gasteiger partial charge in [0.15, 0.2) is 0 Å². The lowest BCUT2D eigenvalue weighted by Gasteiger charge is -2.23. The molecule has 1 saturated heterocycles. The SMILES string of the molecule is CCOc1ccccc1NCC1CCCNC1. The van der Waals surface area contributed by atoms with Gasteiger partial charge in [0.1, 0.15) is 5.75 Å². The fourth-order valence-corrected chi connectivity index (χ4v) is 2.25. The third-order valence-electron chi connectivity index (χ3n) is 3.17. The average molecular weight is 234 g/mol. The van der Waals surface area contributed by atoms with Crippen molar-refractivity contribution in [2.24, 2.45) is 5.92 Å². The van der Waals surface area contributed by atoms with E-state index in [9.17, 15) is 0 Å². The lowest BCUT2D eigenvalue weighted by molar-refractivity contribution is 0.341. The second kappa shape index (κ2) is 6.50. The molecule has 0 amide bonds. The zero-order valence-electron chi connectivity index (χ0n) is 10.5. The topological polar surface area (TPSA) is 33.3 Å². The van der Waals surface area contributed by atoms with Gasteiger partial charge in [0.25, 0.3) is 0 Å². The first-order valence-electron chi connectivity index (χ1n) is 6.56. The van der Waals surface area contributed by atoms with Gasteiger partial charge < -0.3 is 15.4 Å². The first kappa shape index (κ1) is 12.2. The zero-order chi connectivity index (χ0) is 11.9. The van der Waals surface area contributed by atoms with Crippen LogP contribution >= 0.6 is 0 Å². The number of piperidine rings is 1. The maximum atomic E-state index is 5.60. The fraction of sp³-hybridized carbons (Fsp3) is 0.571. The molecule has 0 aliphatic carbocycles. The summed E-state index contributed by atoms with van der Waals surface area (Å²) in [5.41, 5.74) is 1.11. The number of rotatable bonds is 5. The van der Waals surface area contributed by atoms with Crippen LogP contribution in [0.4, 0.5) is 5.69 Å². The minimum Gasteiger partial charge on any atom is -0.492 e. The normalized spacial score (nSPS) is 19.9. The molecule has 1 fully saturated rings. The molecule has 1 aromatic carbocycles. The second-order valence-corrected chi connectivity index (χ2v) is 4.52. The van der Waals surface area contributed by atoms with E-state index in [1.807, 2.05) is 25.1 Å². The quantitative estimate of drug-likeness (QED) is 0.821. The maximum absolute atomic E-state index is 5.60.